The molecule has 0 spiro atoms. The van der Waals surface area contributed by atoms with Gasteiger partial charge < -0.3 is 29.2 Å². The van der Waals surface area contributed by atoms with Crippen molar-refractivity contribution in [3.63, 3.8) is 0 Å². The third-order valence-corrected chi connectivity index (χ3v) is 5.21. The lowest BCUT2D eigenvalue weighted by Gasteiger charge is -2.28. The number of hydrogen-bond donors (Lipinski definition) is 2. The van der Waals surface area contributed by atoms with E-state index in [1.807, 2.05) is 13.8 Å². The van der Waals surface area contributed by atoms with Crippen LogP contribution in [-0.4, -0.2) is 84.9 Å². The second-order valence-electron chi connectivity index (χ2n) is 5.42. The molecule has 0 bridgehead atoms. The number of rotatable bonds is 15. The predicted molar refractivity (Wildman–Crippen MR) is 92.1 cm³/mol. The van der Waals surface area contributed by atoms with Crippen molar-refractivity contribution < 1.29 is 29.2 Å². The van der Waals surface area contributed by atoms with Crippen LogP contribution in [-0.2, 0) is 18.9 Å². The van der Waals surface area contributed by atoms with E-state index >= 15 is 0 Å². The first-order valence-corrected chi connectivity index (χ1v) is 9.46. The van der Waals surface area contributed by atoms with Gasteiger partial charge in [0.15, 0.2) is 0 Å². The summed E-state index contributed by atoms with van der Waals surface area (Å²) in [7, 11) is 0. The zero-order valence-electron chi connectivity index (χ0n) is 13.4. The van der Waals surface area contributed by atoms with E-state index < -0.39 is 11.2 Å². The van der Waals surface area contributed by atoms with Gasteiger partial charge in [0.05, 0.1) is 64.1 Å². The molecule has 0 rings (SSSR count). The lowest BCUT2D eigenvalue weighted by Crippen LogP contribution is -2.39. The summed E-state index contributed by atoms with van der Waals surface area (Å²) in [6.45, 7) is 6.12. The van der Waals surface area contributed by atoms with Gasteiger partial charge in [0, 0.05) is 10.7 Å². The minimum atomic E-state index is -0.461. The first kappa shape index (κ1) is 22.7. The standard InChI is InChI=1S/C14H28Br2O6/c1-13(9-15,21-5-3-17)11-19-7-8-20-12-14(2,10-16)22-6-4-18/h17-18H,3-12H2,1-2H3. The maximum atomic E-state index is 8.80. The van der Waals surface area contributed by atoms with Crippen molar-refractivity contribution in [3.8, 4) is 0 Å². The summed E-state index contributed by atoms with van der Waals surface area (Å²) in [5, 5.41) is 18.8. The smallest absolute Gasteiger partial charge is 0.0984 e. The SMILES string of the molecule is CC(CBr)(COCCOCC(C)(CBr)OCCO)OCCO. The zero-order chi connectivity index (χ0) is 16.9. The van der Waals surface area contributed by atoms with E-state index in [1.165, 1.54) is 0 Å². The molecule has 0 saturated heterocycles. The molecule has 2 unspecified atom stereocenters. The largest absolute Gasteiger partial charge is 0.394 e. The Morgan fingerprint density at radius 1 is 0.727 bits per heavy atom. The van der Waals surface area contributed by atoms with Crippen molar-refractivity contribution in [1.82, 2.24) is 0 Å². The Kier molecular flexibility index (Phi) is 13.5. The maximum absolute atomic E-state index is 8.80. The minimum Gasteiger partial charge on any atom is -0.394 e. The highest BCUT2D eigenvalue weighted by molar-refractivity contribution is 9.09. The average Bonchev–Trinajstić information content (AvgIpc) is 2.54. The van der Waals surface area contributed by atoms with Crippen LogP contribution in [0.3, 0.4) is 0 Å². The van der Waals surface area contributed by atoms with Crippen LogP contribution < -0.4 is 0 Å². The molecule has 22 heavy (non-hydrogen) atoms. The summed E-state index contributed by atoms with van der Waals surface area (Å²) in [5.41, 5.74) is -0.922. The predicted octanol–water partition coefficient (Wildman–Crippen LogP) is 1.34. The van der Waals surface area contributed by atoms with Gasteiger partial charge in [-0.1, -0.05) is 31.9 Å². The van der Waals surface area contributed by atoms with E-state index in [4.69, 9.17) is 29.2 Å². The van der Waals surface area contributed by atoms with E-state index in [2.05, 4.69) is 31.9 Å². The van der Waals surface area contributed by atoms with E-state index in [1.54, 1.807) is 0 Å². The molecule has 2 atom stereocenters. The van der Waals surface area contributed by atoms with Crippen LogP contribution in [0.25, 0.3) is 0 Å². The molecule has 0 amide bonds. The summed E-state index contributed by atoms with van der Waals surface area (Å²) < 4.78 is 22.2. The maximum Gasteiger partial charge on any atom is 0.0984 e. The van der Waals surface area contributed by atoms with E-state index in [0.717, 1.165) is 0 Å². The fraction of sp³-hybridized carbons (Fsp3) is 1.00. The molecule has 0 aromatic carbocycles. The van der Waals surface area contributed by atoms with Crippen LogP contribution in [0.15, 0.2) is 0 Å². The molecular weight excluding hydrogens is 424 g/mol. The Bertz CT molecular complexity index is 246. The topological polar surface area (TPSA) is 77.4 Å². The number of hydrogen-bond acceptors (Lipinski definition) is 6. The third-order valence-electron chi connectivity index (χ3n) is 2.84. The van der Waals surface area contributed by atoms with Gasteiger partial charge in [-0.3, -0.25) is 0 Å². The van der Waals surface area contributed by atoms with Crippen molar-refractivity contribution in [3.05, 3.63) is 0 Å². The highest BCUT2D eigenvalue weighted by Crippen LogP contribution is 2.15. The van der Waals surface area contributed by atoms with Crippen molar-refractivity contribution in [2.45, 2.75) is 25.0 Å². The number of ether oxygens (including phenoxy) is 4. The van der Waals surface area contributed by atoms with Gasteiger partial charge >= 0.3 is 0 Å². The lowest BCUT2D eigenvalue weighted by molar-refractivity contribution is -0.103. The van der Waals surface area contributed by atoms with Crippen molar-refractivity contribution >= 4 is 31.9 Å². The summed E-state index contributed by atoms with van der Waals surface area (Å²) in [5.74, 6) is 0. The Hall–Kier alpha value is 0.720. The van der Waals surface area contributed by atoms with Gasteiger partial charge in [0.1, 0.15) is 0 Å². The monoisotopic (exact) mass is 450 g/mol. The Morgan fingerprint density at radius 3 is 1.36 bits per heavy atom. The fourth-order valence-corrected chi connectivity index (χ4v) is 2.16. The molecule has 0 heterocycles. The highest BCUT2D eigenvalue weighted by atomic mass is 79.9. The number of aliphatic hydroxyl groups is 2. The second kappa shape index (κ2) is 13.1. The first-order valence-electron chi connectivity index (χ1n) is 7.22. The molecule has 0 aliphatic carbocycles. The molecule has 6 nitrogen and oxygen atoms in total. The van der Waals surface area contributed by atoms with Gasteiger partial charge in [-0.15, -0.1) is 0 Å². The molecule has 0 aliphatic heterocycles. The summed E-state index contributed by atoms with van der Waals surface area (Å²) in [6, 6.07) is 0. The van der Waals surface area contributed by atoms with Crippen LogP contribution in [0.1, 0.15) is 13.8 Å². The van der Waals surface area contributed by atoms with E-state index in [0.29, 0.717) is 37.1 Å². The van der Waals surface area contributed by atoms with E-state index in [9.17, 15) is 0 Å². The Labute approximate surface area is 149 Å². The normalized spacial score (nSPS) is 17.2. The average molecular weight is 452 g/mol. The number of alkyl halides is 2. The van der Waals surface area contributed by atoms with Crippen LogP contribution in [0.4, 0.5) is 0 Å². The van der Waals surface area contributed by atoms with Gasteiger partial charge in [-0.25, -0.2) is 0 Å². The fourth-order valence-electron chi connectivity index (χ4n) is 1.52. The second-order valence-corrected chi connectivity index (χ2v) is 6.54. The molecule has 0 aromatic heterocycles. The minimum absolute atomic E-state index is 0.00926. The molecule has 0 saturated carbocycles. The molecule has 0 fully saturated rings. The Balaban J connectivity index is 3.83. The van der Waals surface area contributed by atoms with Gasteiger partial charge in [0.2, 0.25) is 0 Å². The molecule has 0 aliphatic rings. The van der Waals surface area contributed by atoms with Gasteiger partial charge in [0.25, 0.3) is 0 Å². The van der Waals surface area contributed by atoms with Crippen molar-refractivity contribution in [1.29, 1.82) is 0 Å². The number of halogens is 2. The highest BCUT2D eigenvalue weighted by Gasteiger charge is 2.25. The van der Waals surface area contributed by atoms with Crippen molar-refractivity contribution in [2.75, 3.05) is 63.5 Å². The van der Waals surface area contributed by atoms with Crippen LogP contribution in [0.2, 0.25) is 0 Å². The summed E-state index contributed by atoms with van der Waals surface area (Å²) in [6.07, 6.45) is 0. The quantitative estimate of drug-likeness (QED) is 0.289. The molecule has 8 heteroatoms. The zero-order valence-corrected chi connectivity index (χ0v) is 16.5. The molecule has 0 radical (unpaired) electrons. The third kappa shape index (κ3) is 10.5. The summed E-state index contributed by atoms with van der Waals surface area (Å²) in [4.78, 5) is 0. The van der Waals surface area contributed by atoms with Crippen LogP contribution in [0.5, 0.6) is 0 Å². The van der Waals surface area contributed by atoms with Crippen LogP contribution in [0, 0.1) is 0 Å². The van der Waals surface area contributed by atoms with Gasteiger partial charge in [-0.2, -0.15) is 0 Å². The lowest BCUT2D eigenvalue weighted by atomic mass is 10.1. The molecule has 0 aromatic rings. The van der Waals surface area contributed by atoms with Gasteiger partial charge in [-0.05, 0) is 13.8 Å². The Morgan fingerprint density at radius 2 is 1.09 bits per heavy atom. The van der Waals surface area contributed by atoms with E-state index in [-0.39, 0.29) is 26.4 Å². The summed E-state index contributed by atoms with van der Waals surface area (Å²) >= 11 is 6.77. The van der Waals surface area contributed by atoms with Crippen LogP contribution >= 0.6 is 31.9 Å². The first-order chi connectivity index (χ1) is 10.4. The molecule has 2 N–H and O–H groups in total. The molecular formula is C14H28Br2O6. The van der Waals surface area contributed by atoms with Crippen molar-refractivity contribution in [2.24, 2.45) is 0 Å². The number of aliphatic hydroxyl groups excluding tert-OH is 2. The molecule has 134 valence electrons.